The molecule has 0 aromatic rings. The summed E-state index contributed by atoms with van der Waals surface area (Å²) in [6, 6.07) is 0. The summed E-state index contributed by atoms with van der Waals surface area (Å²) in [5, 5.41) is 71.1. The van der Waals surface area contributed by atoms with Gasteiger partial charge >= 0.3 is 5.97 Å². The third kappa shape index (κ3) is 3.34. The Morgan fingerprint density at radius 3 is 2.34 bits per heavy atom. The van der Waals surface area contributed by atoms with Gasteiger partial charge in [0.1, 0.15) is 48.0 Å². The Morgan fingerprint density at radius 2 is 1.76 bits per heavy atom. The van der Waals surface area contributed by atoms with Gasteiger partial charge in [-0.05, 0) is 5.92 Å². The minimum atomic E-state index is -2.29. The first-order valence-electron chi connectivity index (χ1n) is 9.08. The lowest BCUT2D eigenvalue weighted by Gasteiger charge is -2.45. The molecule has 3 rings (SSSR count). The average Bonchev–Trinajstić information content (AvgIpc) is 2.88. The van der Waals surface area contributed by atoms with Crippen molar-refractivity contribution in [2.75, 3.05) is 13.7 Å². The van der Waals surface area contributed by atoms with Crippen LogP contribution >= 0.6 is 0 Å². The number of esters is 1. The van der Waals surface area contributed by atoms with Gasteiger partial charge in [-0.15, -0.1) is 0 Å². The monoisotopic (exact) mass is 422 g/mol. The minimum absolute atomic E-state index is 0.422. The first-order chi connectivity index (χ1) is 13.6. The van der Waals surface area contributed by atoms with Gasteiger partial charge in [0.05, 0.1) is 25.7 Å². The van der Waals surface area contributed by atoms with E-state index >= 15 is 0 Å². The topological polar surface area (TPSA) is 196 Å². The summed E-state index contributed by atoms with van der Waals surface area (Å²) in [6.45, 7) is 0.813. The molecule has 2 fully saturated rings. The van der Waals surface area contributed by atoms with E-state index in [0.717, 1.165) is 13.4 Å². The molecule has 1 saturated heterocycles. The van der Waals surface area contributed by atoms with Gasteiger partial charge in [-0.3, -0.25) is 0 Å². The van der Waals surface area contributed by atoms with E-state index in [1.807, 2.05) is 0 Å². The normalized spacial score (nSPS) is 49.8. The van der Waals surface area contributed by atoms with E-state index in [0.29, 0.717) is 0 Å². The van der Waals surface area contributed by atoms with Crippen molar-refractivity contribution in [1.82, 2.24) is 0 Å². The second-order valence-corrected chi connectivity index (χ2v) is 7.51. The molecular formula is C17H26O12. The lowest BCUT2D eigenvalue weighted by molar-refractivity contribution is -0.347. The number of ether oxygens (including phenoxy) is 4. The Labute approximate surface area is 165 Å². The summed E-state index contributed by atoms with van der Waals surface area (Å²) >= 11 is 0. The SMILES string of the molecule is COC(=O)C1=CO[C@@H](O[C@@H]2O[C@H](CO)[C@@H](O)[C@H](O)[C@H]2O)C2[C@H](C)C(O)[C@@H](O)C12O. The quantitative estimate of drug-likeness (QED) is 0.217. The Bertz CT molecular complexity index is 652. The maximum absolute atomic E-state index is 12.1. The van der Waals surface area contributed by atoms with E-state index in [1.165, 1.54) is 6.92 Å². The number of methoxy groups -OCH3 is 1. The molecule has 3 aliphatic rings. The summed E-state index contributed by atoms with van der Waals surface area (Å²) in [5.41, 5.74) is -2.71. The number of hydrogen-bond donors (Lipinski definition) is 7. The third-order valence-corrected chi connectivity index (χ3v) is 5.95. The zero-order chi connectivity index (χ0) is 21.7. The molecule has 0 aromatic carbocycles. The second-order valence-electron chi connectivity index (χ2n) is 7.51. The fraction of sp³-hybridized carbons (Fsp3) is 0.824. The van der Waals surface area contributed by atoms with Crippen molar-refractivity contribution in [3.63, 3.8) is 0 Å². The van der Waals surface area contributed by atoms with Crippen LogP contribution in [-0.2, 0) is 23.7 Å². The number of hydrogen-bond acceptors (Lipinski definition) is 12. The van der Waals surface area contributed by atoms with Crippen molar-refractivity contribution in [3.8, 4) is 0 Å². The fourth-order valence-corrected chi connectivity index (χ4v) is 4.22. The highest BCUT2D eigenvalue weighted by molar-refractivity contribution is 5.91. The Kier molecular flexibility index (Phi) is 6.21. The largest absolute Gasteiger partial charge is 0.471 e. The number of aliphatic hydroxyl groups excluding tert-OH is 6. The minimum Gasteiger partial charge on any atom is -0.471 e. The van der Waals surface area contributed by atoms with Gasteiger partial charge in [-0.1, -0.05) is 6.92 Å². The van der Waals surface area contributed by atoms with Crippen LogP contribution in [0.4, 0.5) is 0 Å². The van der Waals surface area contributed by atoms with Crippen LogP contribution in [0.2, 0.25) is 0 Å². The molecule has 0 bridgehead atoms. The van der Waals surface area contributed by atoms with Crippen LogP contribution < -0.4 is 0 Å². The lowest BCUT2D eigenvalue weighted by atomic mass is 9.78. The lowest BCUT2D eigenvalue weighted by Crippen LogP contribution is -2.61. The van der Waals surface area contributed by atoms with Crippen molar-refractivity contribution >= 4 is 5.97 Å². The molecule has 1 aliphatic carbocycles. The van der Waals surface area contributed by atoms with E-state index in [-0.39, 0.29) is 0 Å². The summed E-state index contributed by atoms with van der Waals surface area (Å²) in [4.78, 5) is 12.1. The zero-order valence-corrected chi connectivity index (χ0v) is 15.7. The van der Waals surface area contributed by atoms with Crippen LogP contribution in [0.5, 0.6) is 0 Å². The molecule has 3 unspecified atom stereocenters. The molecule has 7 N–H and O–H groups in total. The van der Waals surface area contributed by atoms with Gasteiger partial charge in [0.2, 0.25) is 6.29 Å². The van der Waals surface area contributed by atoms with Crippen LogP contribution in [0, 0.1) is 11.8 Å². The van der Waals surface area contributed by atoms with Gasteiger partial charge in [-0.25, -0.2) is 4.79 Å². The summed E-state index contributed by atoms with van der Waals surface area (Å²) in [6.07, 6.45) is -11.7. The highest BCUT2D eigenvalue weighted by atomic mass is 16.8. The van der Waals surface area contributed by atoms with Crippen LogP contribution in [0.3, 0.4) is 0 Å². The number of aliphatic hydroxyl groups is 7. The average molecular weight is 422 g/mol. The third-order valence-electron chi connectivity index (χ3n) is 5.95. The molecule has 11 atom stereocenters. The van der Waals surface area contributed by atoms with E-state index in [2.05, 4.69) is 4.74 Å². The summed E-state index contributed by atoms with van der Waals surface area (Å²) in [5.74, 6) is -3.01. The predicted octanol–water partition coefficient (Wildman–Crippen LogP) is -4.07. The maximum Gasteiger partial charge on any atom is 0.339 e. The summed E-state index contributed by atoms with van der Waals surface area (Å²) < 4.78 is 20.8. The molecule has 12 nitrogen and oxygen atoms in total. The van der Waals surface area contributed by atoms with Crippen molar-refractivity contribution in [2.45, 2.75) is 61.7 Å². The molecule has 29 heavy (non-hydrogen) atoms. The van der Waals surface area contributed by atoms with Crippen molar-refractivity contribution in [2.24, 2.45) is 11.8 Å². The molecule has 0 spiro atoms. The van der Waals surface area contributed by atoms with Gasteiger partial charge < -0.3 is 54.7 Å². The number of carbonyl (C=O) groups excluding carboxylic acids is 1. The second kappa shape index (κ2) is 8.06. The predicted molar refractivity (Wildman–Crippen MR) is 89.4 cm³/mol. The van der Waals surface area contributed by atoms with E-state index < -0.39 is 84.8 Å². The van der Waals surface area contributed by atoms with Gasteiger partial charge in [0.15, 0.2) is 6.29 Å². The van der Waals surface area contributed by atoms with Crippen LogP contribution in [0.15, 0.2) is 11.8 Å². The number of fused-ring (bicyclic) bond motifs is 1. The molecule has 166 valence electrons. The number of carbonyl (C=O) groups is 1. The van der Waals surface area contributed by atoms with E-state index in [1.54, 1.807) is 0 Å². The first kappa shape index (κ1) is 22.3. The Balaban J connectivity index is 1.91. The molecule has 1 saturated carbocycles. The number of rotatable bonds is 4. The molecule has 0 aromatic heterocycles. The smallest absolute Gasteiger partial charge is 0.339 e. The van der Waals surface area contributed by atoms with Gasteiger partial charge in [0, 0.05) is 0 Å². The van der Waals surface area contributed by atoms with Crippen LogP contribution in [-0.4, -0.2) is 110 Å². The molecule has 12 heteroatoms. The fourth-order valence-electron chi connectivity index (χ4n) is 4.22. The van der Waals surface area contributed by atoms with Crippen LogP contribution in [0.1, 0.15) is 6.92 Å². The van der Waals surface area contributed by atoms with E-state index in [4.69, 9.17) is 14.2 Å². The Morgan fingerprint density at radius 1 is 1.10 bits per heavy atom. The highest BCUT2D eigenvalue weighted by Gasteiger charge is 2.66. The maximum atomic E-state index is 12.1. The van der Waals surface area contributed by atoms with Crippen molar-refractivity contribution < 1.29 is 59.5 Å². The molecule has 0 radical (unpaired) electrons. The molecule has 2 aliphatic heterocycles. The molecular weight excluding hydrogens is 396 g/mol. The van der Waals surface area contributed by atoms with Gasteiger partial charge in [0.25, 0.3) is 0 Å². The standard InChI is InChI=1S/C17H26O12/c1-5-8-15(29-16-12(22)11(21)10(20)7(3-18)28-16)27-4-6(14(24)26-2)17(8,25)13(23)9(5)19/h4-5,7-13,15-16,18-23,25H,3H2,1-2H3/t5-,7+,8?,9?,10+,11-,12+,13+,15-,16-,17?/m0/s1. The van der Waals surface area contributed by atoms with E-state index in [9.17, 15) is 40.5 Å². The molecule has 2 heterocycles. The van der Waals surface area contributed by atoms with Crippen LogP contribution in [0.25, 0.3) is 0 Å². The zero-order valence-electron chi connectivity index (χ0n) is 15.7. The van der Waals surface area contributed by atoms with Crippen molar-refractivity contribution in [1.29, 1.82) is 0 Å². The Hall–Kier alpha value is -1.35. The molecule has 0 amide bonds. The first-order valence-corrected chi connectivity index (χ1v) is 9.08. The highest BCUT2D eigenvalue weighted by Crippen LogP contribution is 2.50. The van der Waals surface area contributed by atoms with Crippen molar-refractivity contribution in [3.05, 3.63) is 11.8 Å². The summed E-state index contributed by atoms with van der Waals surface area (Å²) in [7, 11) is 1.07. The van der Waals surface area contributed by atoms with Gasteiger partial charge in [-0.2, -0.15) is 0 Å².